The average Bonchev–Trinajstić information content (AvgIpc) is 2.64. The molecule has 2 rings (SSSR count). The van der Waals surface area contributed by atoms with Crippen molar-refractivity contribution in [2.75, 3.05) is 0 Å². The quantitative estimate of drug-likeness (QED) is 0.691. The van der Waals surface area contributed by atoms with Gasteiger partial charge in [0.25, 0.3) is 0 Å². The third kappa shape index (κ3) is 2.37. The van der Waals surface area contributed by atoms with Crippen LogP contribution in [0.4, 0.5) is 0 Å². The van der Waals surface area contributed by atoms with Gasteiger partial charge in [0.15, 0.2) is 0 Å². The van der Waals surface area contributed by atoms with Crippen LogP contribution in [0.25, 0.3) is 0 Å². The number of aryl methyl sites for hydroxylation is 2. The first kappa shape index (κ1) is 12.2. The van der Waals surface area contributed by atoms with E-state index in [0.29, 0.717) is 5.78 Å². The van der Waals surface area contributed by atoms with Gasteiger partial charge < -0.3 is 0 Å². The van der Waals surface area contributed by atoms with Gasteiger partial charge in [-0.2, -0.15) is 0 Å². The van der Waals surface area contributed by atoms with Crippen LogP contribution in [0.5, 0.6) is 0 Å². The Kier molecular flexibility index (Phi) is 3.54. The van der Waals surface area contributed by atoms with Crippen LogP contribution in [-0.2, 0) is 4.79 Å². The Morgan fingerprint density at radius 3 is 2.41 bits per heavy atom. The molecule has 0 aliphatic heterocycles. The molecule has 17 heavy (non-hydrogen) atoms. The molecule has 1 saturated carbocycles. The van der Waals surface area contributed by atoms with Gasteiger partial charge in [-0.15, -0.1) is 0 Å². The van der Waals surface area contributed by atoms with E-state index in [1.165, 1.54) is 5.56 Å². The number of carbonyl (C=O) groups is 1. The number of Topliss-reactive ketones (excluding diaryl/α,β-unsaturated/α-hetero) is 1. The summed E-state index contributed by atoms with van der Waals surface area (Å²) in [6.45, 7) is 4.10. The minimum Gasteiger partial charge on any atom is -0.299 e. The van der Waals surface area contributed by atoms with Crippen molar-refractivity contribution in [1.29, 1.82) is 0 Å². The van der Waals surface area contributed by atoms with Crippen LogP contribution >= 0.6 is 11.6 Å². The molecule has 1 aromatic carbocycles. The number of carbonyl (C=O) groups excluding carboxylic acids is 1. The maximum atomic E-state index is 11.8. The summed E-state index contributed by atoms with van der Waals surface area (Å²) >= 11 is 5.42. The highest BCUT2D eigenvalue weighted by atomic mass is 35.5. The topological polar surface area (TPSA) is 17.1 Å². The van der Waals surface area contributed by atoms with Gasteiger partial charge in [-0.1, -0.05) is 0 Å². The summed E-state index contributed by atoms with van der Waals surface area (Å²) in [6.07, 6.45) is 2.74. The van der Waals surface area contributed by atoms with Crippen molar-refractivity contribution in [2.24, 2.45) is 0 Å². The predicted octanol–water partition coefficient (Wildman–Crippen LogP) is 3.69. The lowest BCUT2D eigenvalue weighted by molar-refractivity contribution is -0.118. The van der Waals surface area contributed by atoms with Gasteiger partial charge in [-0.05, 0) is 73.0 Å². The van der Waals surface area contributed by atoms with Gasteiger partial charge in [0.2, 0.25) is 0 Å². The fourth-order valence-electron chi connectivity index (χ4n) is 2.77. The monoisotopic (exact) mass is 246 g/mol. The molecule has 0 spiro atoms. The molecule has 0 bridgehead atoms. The van der Waals surface area contributed by atoms with Crippen molar-refractivity contribution in [3.8, 4) is 11.3 Å². The predicted molar refractivity (Wildman–Crippen MR) is 70.2 cm³/mol. The molecule has 0 amide bonds. The minimum atomic E-state index is 0.105. The Morgan fingerprint density at radius 1 is 1.29 bits per heavy atom. The molecule has 1 aromatic rings. The number of hydrogen-bond acceptors (Lipinski definition) is 1. The van der Waals surface area contributed by atoms with Crippen molar-refractivity contribution < 1.29 is 4.79 Å². The standard InChI is InChI=1S/C15H15ClO/c1-10-8-12(6-7-16)9-11(2)15(10)13-4-3-5-14(13)17/h8-9,13H,3-5H2,1-2H3. The van der Waals surface area contributed by atoms with Gasteiger partial charge in [0.05, 0.1) is 0 Å². The van der Waals surface area contributed by atoms with Crippen molar-refractivity contribution in [3.63, 3.8) is 0 Å². The summed E-state index contributed by atoms with van der Waals surface area (Å²) in [5.74, 6) is 3.34. The Morgan fingerprint density at radius 2 is 1.94 bits per heavy atom. The second kappa shape index (κ2) is 4.94. The fourth-order valence-corrected chi connectivity index (χ4v) is 2.88. The second-order valence-electron chi connectivity index (χ2n) is 4.65. The molecule has 1 nitrogen and oxygen atoms in total. The molecule has 0 radical (unpaired) electrons. The smallest absolute Gasteiger partial charge is 0.140 e. The summed E-state index contributed by atoms with van der Waals surface area (Å²) in [7, 11) is 0. The second-order valence-corrected chi connectivity index (χ2v) is 4.84. The first-order chi connectivity index (χ1) is 8.13. The van der Waals surface area contributed by atoms with E-state index in [1.807, 2.05) is 26.0 Å². The van der Waals surface area contributed by atoms with Gasteiger partial charge in [-0.3, -0.25) is 4.79 Å². The van der Waals surface area contributed by atoms with E-state index in [-0.39, 0.29) is 5.92 Å². The van der Waals surface area contributed by atoms with Gasteiger partial charge in [0.1, 0.15) is 5.78 Å². The lowest BCUT2D eigenvalue weighted by Crippen LogP contribution is -2.08. The SMILES string of the molecule is Cc1cc(C#CCl)cc(C)c1C1CCCC1=O. The van der Waals surface area contributed by atoms with Crippen LogP contribution in [0.3, 0.4) is 0 Å². The van der Waals surface area contributed by atoms with Crippen molar-refractivity contribution in [2.45, 2.75) is 39.0 Å². The molecule has 1 fully saturated rings. The zero-order valence-electron chi connectivity index (χ0n) is 10.1. The van der Waals surface area contributed by atoms with Gasteiger partial charge >= 0.3 is 0 Å². The Bertz CT molecular complexity index is 496. The lowest BCUT2D eigenvalue weighted by Gasteiger charge is -2.16. The van der Waals surface area contributed by atoms with Crippen LogP contribution in [-0.4, -0.2) is 5.78 Å². The molecule has 0 N–H and O–H groups in total. The summed E-state index contributed by atoms with van der Waals surface area (Å²) in [5, 5.41) is 2.39. The normalized spacial score (nSPS) is 19.0. The molecule has 1 aliphatic carbocycles. The first-order valence-electron chi connectivity index (χ1n) is 5.89. The average molecular weight is 247 g/mol. The van der Waals surface area contributed by atoms with Crippen LogP contribution < -0.4 is 0 Å². The molecule has 1 atom stereocenters. The lowest BCUT2D eigenvalue weighted by atomic mass is 9.88. The van der Waals surface area contributed by atoms with Gasteiger partial charge in [-0.25, -0.2) is 0 Å². The third-order valence-electron chi connectivity index (χ3n) is 3.44. The van der Waals surface area contributed by atoms with Crippen LogP contribution in [0.2, 0.25) is 0 Å². The van der Waals surface area contributed by atoms with Crippen LogP contribution in [0, 0.1) is 25.1 Å². The molecular formula is C15H15ClO. The van der Waals surface area contributed by atoms with E-state index in [2.05, 4.69) is 11.3 Å². The molecule has 0 heterocycles. The van der Waals surface area contributed by atoms with Gasteiger partial charge in [0, 0.05) is 23.3 Å². The number of hydrogen-bond donors (Lipinski definition) is 0. The Hall–Kier alpha value is -1.26. The van der Waals surface area contributed by atoms with E-state index in [0.717, 1.165) is 36.0 Å². The Labute approximate surface area is 107 Å². The maximum absolute atomic E-state index is 11.8. The van der Waals surface area contributed by atoms with Crippen LogP contribution in [0.1, 0.15) is 47.4 Å². The molecule has 1 unspecified atom stereocenters. The molecule has 1 aliphatic rings. The summed E-state index contributed by atoms with van der Waals surface area (Å²) in [6, 6.07) is 4.03. The minimum absolute atomic E-state index is 0.105. The number of halogens is 1. The van der Waals surface area contributed by atoms with Crippen LogP contribution in [0.15, 0.2) is 12.1 Å². The highest BCUT2D eigenvalue weighted by Crippen LogP contribution is 2.35. The van der Waals surface area contributed by atoms with E-state index < -0.39 is 0 Å². The summed E-state index contributed by atoms with van der Waals surface area (Å²) in [5.41, 5.74) is 4.43. The Balaban J connectivity index is 2.47. The van der Waals surface area contributed by atoms with Crippen molar-refractivity contribution >= 4 is 17.4 Å². The summed E-state index contributed by atoms with van der Waals surface area (Å²) < 4.78 is 0. The van der Waals surface area contributed by atoms with E-state index >= 15 is 0 Å². The molecular weight excluding hydrogens is 232 g/mol. The number of benzene rings is 1. The van der Waals surface area contributed by atoms with Crippen molar-refractivity contribution in [3.05, 3.63) is 34.4 Å². The highest BCUT2D eigenvalue weighted by Gasteiger charge is 2.28. The number of ketones is 1. The third-order valence-corrected chi connectivity index (χ3v) is 3.53. The fraction of sp³-hybridized carbons (Fsp3) is 0.400. The van der Waals surface area contributed by atoms with E-state index in [1.54, 1.807) is 0 Å². The zero-order chi connectivity index (χ0) is 12.4. The molecule has 0 aromatic heterocycles. The molecule has 88 valence electrons. The van der Waals surface area contributed by atoms with E-state index in [4.69, 9.17) is 11.6 Å². The van der Waals surface area contributed by atoms with E-state index in [9.17, 15) is 4.79 Å². The van der Waals surface area contributed by atoms with Crippen molar-refractivity contribution in [1.82, 2.24) is 0 Å². The molecule has 2 heteroatoms. The first-order valence-corrected chi connectivity index (χ1v) is 6.26. The zero-order valence-corrected chi connectivity index (χ0v) is 10.9. The highest BCUT2D eigenvalue weighted by molar-refractivity contribution is 6.30. The summed E-state index contributed by atoms with van der Waals surface area (Å²) in [4.78, 5) is 11.8. The largest absolute Gasteiger partial charge is 0.299 e. The number of rotatable bonds is 1. The maximum Gasteiger partial charge on any atom is 0.140 e. The molecule has 0 saturated heterocycles.